The van der Waals surface area contributed by atoms with Crippen molar-refractivity contribution in [1.82, 2.24) is 4.98 Å². The zero-order valence-corrected chi connectivity index (χ0v) is 17.3. The number of benzene rings is 3. The van der Waals surface area contributed by atoms with E-state index in [2.05, 4.69) is 41.4 Å². The molecule has 0 atom stereocenters. The standard InChI is InChI=1S/C26H27NO3/c1-19-25(18-29-24-14-10-20(11-15-24)7-3-2-6-16-28)27-26(30-19)23-13-12-21-8-4-5-9-22(21)17-23/h4-5,8-15,17,28H,2-3,6-7,16,18H2,1H3. The van der Waals surface area contributed by atoms with Gasteiger partial charge in [0.15, 0.2) is 0 Å². The van der Waals surface area contributed by atoms with Crippen LogP contribution in [0.1, 0.15) is 36.3 Å². The van der Waals surface area contributed by atoms with Crippen molar-refractivity contribution < 1.29 is 14.3 Å². The predicted molar refractivity (Wildman–Crippen MR) is 120 cm³/mol. The van der Waals surface area contributed by atoms with E-state index in [1.807, 2.05) is 37.3 Å². The maximum atomic E-state index is 8.85. The Labute approximate surface area is 177 Å². The summed E-state index contributed by atoms with van der Waals surface area (Å²) in [7, 11) is 0. The van der Waals surface area contributed by atoms with Gasteiger partial charge in [0.2, 0.25) is 5.89 Å². The van der Waals surface area contributed by atoms with Crippen LogP contribution in [-0.4, -0.2) is 16.7 Å². The lowest BCUT2D eigenvalue weighted by Crippen LogP contribution is -1.98. The lowest BCUT2D eigenvalue weighted by atomic mass is 10.1. The van der Waals surface area contributed by atoms with Gasteiger partial charge in [-0.15, -0.1) is 0 Å². The van der Waals surface area contributed by atoms with Crippen LogP contribution in [0.25, 0.3) is 22.2 Å². The van der Waals surface area contributed by atoms with Gasteiger partial charge in [0.05, 0.1) is 0 Å². The number of ether oxygens (including phenoxy) is 1. The van der Waals surface area contributed by atoms with Gasteiger partial charge in [0.1, 0.15) is 23.8 Å². The number of rotatable bonds is 9. The second kappa shape index (κ2) is 9.59. The highest BCUT2D eigenvalue weighted by Gasteiger charge is 2.12. The number of aliphatic hydroxyl groups is 1. The van der Waals surface area contributed by atoms with E-state index in [1.165, 1.54) is 16.3 Å². The molecular weight excluding hydrogens is 374 g/mol. The van der Waals surface area contributed by atoms with E-state index >= 15 is 0 Å². The van der Waals surface area contributed by atoms with Crippen molar-refractivity contribution in [3.63, 3.8) is 0 Å². The molecule has 4 nitrogen and oxygen atoms in total. The number of hydrogen-bond donors (Lipinski definition) is 1. The van der Waals surface area contributed by atoms with Crippen molar-refractivity contribution >= 4 is 10.8 Å². The number of unbranched alkanes of at least 4 members (excludes halogenated alkanes) is 2. The summed E-state index contributed by atoms with van der Waals surface area (Å²) in [6.45, 7) is 2.57. The third kappa shape index (κ3) is 4.89. The first kappa shape index (κ1) is 20.2. The average molecular weight is 402 g/mol. The summed E-state index contributed by atoms with van der Waals surface area (Å²) in [4.78, 5) is 4.67. The van der Waals surface area contributed by atoms with Crippen LogP contribution in [0.3, 0.4) is 0 Å². The van der Waals surface area contributed by atoms with E-state index in [0.717, 1.165) is 48.5 Å². The summed E-state index contributed by atoms with van der Waals surface area (Å²) in [6, 6.07) is 22.7. The van der Waals surface area contributed by atoms with E-state index in [-0.39, 0.29) is 6.61 Å². The molecule has 30 heavy (non-hydrogen) atoms. The maximum Gasteiger partial charge on any atom is 0.226 e. The van der Waals surface area contributed by atoms with Crippen LogP contribution >= 0.6 is 0 Å². The maximum absolute atomic E-state index is 8.85. The van der Waals surface area contributed by atoms with Gasteiger partial charge in [-0.2, -0.15) is 0 Å². The topological polar surface area (TPSA) is 55.5 Å². The highest BCUT2D eigenvalue weighted by molar-refractivity contribution is 5.86. The Morgan fingerprint density at radius 2 is 1.70 bits per heavy atom. The lowest BCUT2D eigenvalue weighted by Gasteiger charge is -2.06. The second-order valence-corrected chi connectivity index (χ2v) is 7.55. The summed E-state index contributed by atoms with van der Waals surface area (Å²) in [5.74, 6) is 2.22. The molecule has 154 valence electrons. The number of fused-ring (bicyclic) bond motifs is 1. The van der Waals surface area contributed by atoms with Crippen LogP contribution in [-0.2, 0) is 13.0 Å². The molecule has 0 radical (unpaired) electrons. The lowest BCUT2D eigenvalue weighted by molar-refractivity contribution is 0.283. The van der Waals surface area contributed by atoms with E-state index in [0.29, 0.717) is 12.5 Å². The summed E-state index contributed by atoms with van der Waals surface area (Å²) in [6.07, 6.45) is 4.05. The molecule has 0 spiro atoms. The number of hydrogen-bond acceptors (Lipinski definition) is 4. The Hall–Kier alpha value is -3.11. The molecule has 0 aliphatic rings. The van der Waals surface area contributed by atoms with Crippen LogP contribution < -0.4 is 4.74 Å². The molecule has 3 aromatic carbocycles. The van der Waals surface area contributed by atoms with Crippen molar-refractivity contribution in [2.75, 3.05) is 6.61 Å². The first-order valence-corrected chi connectivity index (χ1v) is 10.5. The predicted octanol–water partition coefficient (Wildman–Crippen LogP) is 6.09. The minimum atomic E-state index is 0.275. The first-order chi connectivity index (χ1) is 14.7. The SMILES string of the molecule is Cc1oc(-c2ccc3ccccc3c2)nc1COc1ccc(CCCCCO)cc1. The zero-order valence-electron chi connectivity index (χ0n) is 17.3. The van der Waals surface area contributed by atoms with E-state index in [4.69, 9.17) is 14.3 Å². The van der Waals surface area contributed by atoms with Crippen molar-refractivity contribution in [1.29, 1.82) is 0 Å². The molecule has 0 amide bonds. The highest BCUT2D eigenvalue weighted by atomic mass is 16.5. The van der Waals surface area contributed by atoms with E-state index in [1.54, 1.807) is 0 Å². The van der Waals surface area contributed by atoms with Crippen LogP contribution in [0.5, 0.6) is 5.75 Å². The molecular formula is C26H27NO3. The van der Waals surface area contributed by atoms with Crippen LogP contribution in [0.2, 0.25) is 0 Å². The van der Waals surface area contributed by atoms with Gasteiger partial charge in [-0.25, -0.2) is 4.98 Å². The Bertz CT molecular complexity index is 1100. The minimum Gasteiger partial charge on any atom is -0.487 e. The van der Waals surface area contributed by atoms with Gasteiger partial charge in [-0.1, -0.05) is 48.9 Å². The zero-order chi connectivity index (χ0) is 20.8. The molecule has 0 unspecified atom stereocenters. The second-order valence-electron chi connectivity index (χ2n) is 7.55. The molecule has 1 aromatic heterocycles. The Morgan fingerprint density at radius 3 is 2.50 bits per heavy atom. The fourth-order valence-electron chi connectivity index (χ4n) is 3.53. The van der Waals surface area contributed by atoms with Crippen molar-refractivity contribution in [3.05, 3.63) is 83.7 Å². The third-order valence-electron chi connectivity index (χ3n) is 5.31. The monoisotopic (exact) mass is 401 g/mol. The normalized spacial score (nSPS) is 11.1. The van der Waals surface area contributed by atoms with Crippen molar-refractivity contribution in [3.8, 4) is 17.2 Å². The molecule has 1 heterocycles. The molecule has 0 aliphatic carbocycles. The average Bonchev–Trinajstić information content (AvgIpc) is 3.16. The van der Waals surface area contributed by atoms with Gasteiger partial charge in [0, 0.05) is 12.2 Å². The number of nitrogens with zero attached hydrogens (tertiary/aromatic N) is 1. The van der Waals surface area contributed by atoms with Crippen molar-refractivity contribution in [2.24, 2.45) is 0 Å². The van der Waals surface area contributed by atoms with Gasteiger partial charge in [0.25, 0.3) is 0 Å². The quantitative estimate of drug-likeness (QED) is 0.345. The summed E-state index contributed by atoms with van der Waals surface area (Å²) < 4.78 is 11.8. The third-order valence-corrected chi connectivity index (χ3v) is 5.31. The molecule has 4 aromatic rings. The van der Waals surface area contributed by atoms with Gasteiger partial charge < -0.3 is 14.3 Å². The molecule has 4 rings (SSSR count). The molecule has 0 fully saturated rings. The number of aromatic nitrogens is 1. The van der Waals surface area contributed by atoms with Gasteiger partial charge in [-0.3, -0.25) is 0 Å². The van der Waals surface area contributed by atoms with Gasteiger partial charge in [-0.05, 0) is 66.8 Å². The molecule has 0 aliphatic heterocycles. The first-order valence-electron chi connectivity index (χ1n) is 10.5. The number of aryl methyl sites for hydroxylation is 2. The van der Waals surface area contributed by atoms with E-state index < -0.39 is 0 Å². The van der Waals surface area contributed by atoms with Crippen LogP contribution in [0.15, 0.2) is 71.1 Å². The largest absolute Gasteiger partial charge is 0.487 e. The Balaban J connectivity index is 1.39. The fraction of sp³-hybridized carbons (Fsp3) is 0.269. The number of aliphatic hydroxyl groups excluding tert-OH is 1. The Morgan fingerprint density at radius 1 is 0.900 bits per heavy atom. The van der Waals surface area contributed by atoms with Crippen LogP contribution in [0, 0.1) is 6.92 Å². The fourth-order valence-corrected chi connectivity index (χ4v) is 3.53. The molecule has 4 heteroatoms. The molecule has 0 saturated heterocycles. The summed E-state index contributed by atoms with van der Waals surface area (Å²) >= 11 is 0. The van der Waals surface area contributed by atoms with Crippen molar-refractivity contribution in [2.45, 2.75) is 39.2 Å². The summed E-state index contributed by atoms with van der Waals surface area (Å²) in [5, 5.41) is 11.2. The Kier molecular flexibility index (Phi) is 6.45. The number of oxazole rings is 1. The molecule has 0 bridgehead atoms. The minimum absolute atomic E-state index is 0.275. The molecule has 0 saturated carbocycles. The van der Waals surface area contributed by atoms with Crippen LogP contribution in [0.4, 0.5) is 0 Å². The molecule has 1 N–H and O–H groups in total. The highest BCUT2D eigenvalue weighted by Crippen LogP contribution is 2.26. The summed E-state index contributed by atoms with van der Waals surface area (Å²) in [5.41, 5.74) is 3.07. The smallest absolute Gasteiger partial charge is 0.226 e. The van der Waals surface area contributed by atoms with E-state index in [9.17, 15) is 0 Å². The van der Waals surface area contributed by atoms with Gasteiger partial charge >= 0.3 is 0 Å².